The van der Waals surface area contributed by atoms with Crippen molar-refractivity contribution in [2.24, 2.45) is 10.9 Å². The Kier molecular flexibility index (Phi) is 9.44. The lowest BCUT2D eigenvalue weighted by Crippen LogP contribution is -2.39. The molecule has 1 aromatic heterocycles. The number of hydrogen-bond donors (Lipinski definition) is 3. The number of guanidine groups is 1. The summed E-state index contributed by atoms with van der Waals surface area (Å²) >= 11 is 0. The molecule has 1 aromatic carbocycles. The predicted molar refractivity (Wildman–Crippen MR) is 112 cm³/mol. The average molecular weight is 441 g/mol. The fraction of sp³-hybridized carbons (Fsp3) is 0.444. The monoisotopic (exact) mass is 441 g/mol. The molecule has 1 heterocycles. The number of aliphatic imine (C=N–C) groups is 1. The molecule has 2 rings (SSSR count). The smallest absolute Gasteiger partial charge is 0.191 e. The van der Waals surface area contributed by atoms with E-state index in [1.807, 2.05) is 24.4 Å². The standard InChI is InChI=1S/C18H27N5.HI/c1-4-14(5-2)11-21-18(19-3)22-13-17-20-12-16(23-17)15-9-7-6-8-10-15;/h6-10,12,14H,4-5,11,13H2,1-3H3,(H,20,23)(H2,19,21,22);1H. The highest BCUT2D eigenvalue weighted by Gasteiger charge is 2.06. The summed E-state index contributed by atoms with van der Waals surface area (Å²) in [6.45, 7) is 6.01. The number of hydrogen-bond acceptors (Lipinski definition) is 2. The summed E-state index contributed by atoms with van der Waals surface area (Å²) in [6.07, 6.45) is 4.23. The number of imidazole rings is 1. The largest absolute Gasteiger partial charge is 0.356 e. The van der Waals surface area contributed by atoms with E-state index in [0.717, 1.165) is 29.6 Å². The molecule has 0 saturated carbocycles. The molecular weight excluding hydrogens is 413 g/mol. The predicted octanol–water partition coefficient (Wildman–Crippen LogP) is 3.80. The number of aromatic nitrogens is 2. The first kappa shape index (κ1) is 20.5. The first-order chi connectivity index (χ1) is 11.3. The van der Waals surface area contributed by atoms with Gasteiger partial charge < -0.3 is 15.6 Å². The molecule has 24 heavy (non-hydrogen) atoms. The Balaban J connectivity index is 0.00000288. The van der Waals surface area contributed by atoms with Gasteiger partial charge in [0.15, 0.2) is 5.96 Å². The van der Waals surface area contributed by atoms with Crippen molar-refractivity contribution in [3.63, 3.8) is 0 Å². The lowest BCUT2D eigenvalue weighted by Gasteiger charge is -2.16. The van der Waals surface area contributed by atoms with Gasteiger partial charge in [-0.3, -0.25) is 4.99 Å². The number of rotatable bonds is 7. The van der Waals surface area contributed by atoms with Gasteiger partial charge >= 0.3 is 0 Å². The van der Waals surface area contributed by atoms with Gasteiger partial charge in [0.2, 0.25) is 0 Å². The first-order valence-corrected chi connectivity index (χ1v) is 8.30. The van der Waals surface area contributed by atoms with Crippen LogP contribution in [0, 0.1) is 5.92 Å². The molecule has 0 saturated heterocycles. The van der Waals surface area contributed by atoms with E-state index in [0.29, 0.717) is 12.5 Å². The molecule has 0 aliphatic heterocycles. The summed E-state index contributed by atoms with van der Waals surface area (Å²) in [5.41, 5.74) is 2.17. The minimum Gasteiger partial charge on any atom is -0.356 e. The van der Waals surface area contributed by atoms with Crippen LogP contribution in [0.2, 0.25) is 0 Å². The summed E-state index contributed by atoms with van der Waals surface area (Å²) in [5.74, 6) is 2.39. The summed E-state index contributed by atoms with van der Waals surface area (Å²) in [5, 5.41) is 6.68. The maximum absolute atomic E-state index is 4.43. The summed E-state index contributed by atoms with van der Waals surface area (Å²) in [7, 11) is 1.79. The van der Waals surface area contributed by atoms with Crippen LogP contribution in [0.1, 0.15) is 32.5 Å². The molecule has 2 aromatic rings. The highest BCUT2D eigenvalue weighted by Crippen LogP contribution is 2.15. The summed E-state index contributed by atoms with van der Waals surface area (Å²) < 4.78 is 0. The van der Waals surface area contributed by atoms with Crippen molar-refractivity contribution in [1.82, 2.24) is 20.6 Å². The van der Waals surface area contributed by atoms with E-state index in [2.05, 4.69) is 51.6 Å². The van der Waals surface area contributed by atoms with Crippen LogP contribution in [0.5, 0.6) is 0 Å². The summed E-state index contributed by atoms with van der Waals surface area (Å²) in [6, 6.07) is 10.2. The van der Waals surface area contributed by atoms with Gasteiger partial charge in [-0.15, -0.1) is 24.0 Å². The van der Waals surface area contributed by atoms with Crippen LogP contribution < -0.4 is 10.6 Å². The van der Waals surface area contributed by atoms with E-state index in [9.17, 15) is 0 Å². The van der Waals surface area contributed by atoms with Crippen molar-refractivity contribution in [2.45, 2.75) is 33.2 Å². The van der Waals surface area contributed by atoms with E-state index >= 15 is 0 Å². The van der Waals surface area contributed by atoms with Crippen molar-refractivity contribution in [3.05, 3.63) is 42.4 Å². The molecule has 0 aliphatic carbocycles. The number of H-pyrrole nitrogens is 1. The van der Waals surface area contributed by atoms with E-state index in [1.165, 1.54) is 12.8 Å². The third-order valence-electron chi connectivity index (χ3n) is 4.07. The Morgan fingerprint density at radius 1 is 1.17 bits per heavy atom. The molecule has 6 heteroatoms. The van der Waals surface area contributed by atoms with Crippen LogP contribution in [-0.2, 0) is 6.54 Å². The number of aromatic amines is 1. The van der Waals surface area contributed by atoms with E-state index in [4.69, 9.17) is 0 Å². The fourth-order valence-corrected chi connectivity index (χ4v) is 2.42. The highest BCUT2D eigenvalue weighted by molar-refractivity contribution is 14.0. The Labute approximate surface area is 161 Å². The Morgan fingerprint density at radius 2 is 1.88 bits per heavy atom. The Hall–Kier alpha value is -1.57. The second-order valence-electron chi connectivity index (χ2n) is 5.60. The molecule has 0 spiro atoms. The van der Waals surface area contributed by atoms with E-state index in [1.54, 1.807) is 7.05 Å². The molecule has 0 aliphatic rings. The number of nitrogens with zero attached hydrogens (tertiary/aromatic N) is 2. The molecular formula is C18H28IN5. The van der Waals surface area contributed by atoms with Crippen LogP contribution in [0.25, 0.3) is 11.3 Å². The molecule has 132 valence electrons. The quantitative estimate of drug-likeness (QED) is 0.348. The molecule has 3 N–H and O–H groups in total. The van der Waals surface area contributed by atoms with Gasteiger partial charge in [-0.05, 0) is 11.5 Å². The van der Waals surface area contributed by atoms with Crippen LogP contribution >= 0.6 is 24.0 Å². The average Bonchev–Trinajstić information content (AvgIpc) is 3.08. The zero-order valence-corrected chi connectivity index (χ0v) is 17.0. The van der Waals surface area contributed by atoms with Gasteiger partial charge in [-0.1, -0.05) is 57.0 Å². The normalized spacial score (nSPS) is 11.2. The third kappa shape index (κ3) is 6.14. The van der Waals surface area contributed by atoms with Crippen LogP contribution in [0.3, 0.4) is 0 Å². The Morgan fingerprint density at radius 3 is 2.50 bits per heavy atom. The van der Waals surface area contributed by atoms with Crippen molar-refractivity contribution < 1.29 is 0 Å². The molecule has 0 amide bonds. The minimum atomic E-state index is 0. The van der Waals surface area contributed by atoms with Crippen molar-refractivity contribution in [1.29, 1.82) is 0 Å². The number of benzene rings is 1. The van der Waals surface area contributed by atoms with E-state index < -0.39 is 0 Å². The Bertz CT molecular complexity index is 605. The molecule has 0 radical (unpaired) electrons. The molecule has 0 atom stereocenters. The van der Waals surface area contributed by atoms with Gasteiger partial charge in [-0.25, -0.2) is 4.98 Å². The topological polar surface area (TPSA) is 65.1 Å². The SMILES string of the molecule is CCC(CC)CNC(=NC)NCc1ncc(-c2ccccc2)[nH]1.I. The molecule has 5 nitrogen and oxygen atoms in total. The van der Waals surface area contributed by atoms with Crippen molar-refractivity contribution >= 4 is 29.9 Å². The van der Waals surface area contributed by atoms with E-state index in [-0.39, 0.29) is 24.0 Å². The van der Waals surface area contributed by atoms with Gasteiger partial charge in [0.25, 0.3) is 0 Å². The van der Waals surface area contributed by atoms with Gasteiger partial charge in [0.1, 0.15) is 5.82 Å². The highest BCUT2D eigenvalue weighted by atomic mass is 127. The lowest BCUT2D eigenvalue weighted by atomic mass is 10.0. The second-order valence-corrected chi connectivity index (χ2v) is 5.60. The van der Waals surface area contributed by atoms with Crippen molar-refractivity contribution in [3.8, 4) is 11.3 Å². The van der Waals surface area contributed by atoms with Gasteiger partial charge in [0, 0.05) is 13.6 Å². The van der Waals surface area contributed by atoms with Crippen molar-refractivity contribution in [2.75, 3.05) is 13.6 Å². The molecule has 0 fully saturated rings. The van der Waals surface area contributed by atoms with Gasteiger partial charge in [-0.2, -0.15) is 0 Å². The third-order valence-corrected chi connectivity index (χ3v) is 4.07. The second kappa shape index (κ2) is 11.1. The molecule has 0 bridgehead atoms. The van der Waals surface area contributed by atoms with Crippen LogP contribution in [-0.4, -0.2) is 29.5 Å². The van der Waals surface area contributed by atoms with Crippen LogP contribution in [0.4, 0.5) is 0 Å². The minimum absolute atomic E-state index is 0. The first-order valence-electron chi connectivity index (χ1n) is 8.30. The number of nitrogens with one attached hydrogen (secondary N) is 3. The number of halogens is 1. The molecule has 0 unspecified atom stereocenters. The van der Waals surface area contributed by atoms with Gasteiger partial charge in [0.05, 0.1) is 18.4 Å². The van der Waals surface area contributed by atoms with Crippen LogP contribution in [0.15, 0.2) is 41.5 Å². The summed E-state index contributed by atoms with van der Waals surface area (Å²) in [4.78, 5) is 12.0. The lowest BCUT2D eigenvalue weighted by molar-refractivity contribution is 0.481. The zero-order chi connectivity index (χ0) is 16.5. The maximum Gasteiger partial charge on any atom is 0.191 e. The maximum atomic E-state index is 4.43. The zero-order valence-electron chi connectivity index (χ0n) is 14.7. The fourth-order valence-electron chi connectivity index (χ4n) is 2.42.